The second kappa shape index (κ2) is 7.34. The van der Waals surface area contributed by atoms with E-state index in [-0.39, 0.29) is 0 Å². The van der Waals surface area contributed by atoms with Gasteiger partial charge in [0.25, 0.3) is 0 Å². The first-order valence-corrected chi connectivity index (χ1v) is 7.42. The SMILES string of the molecule is CCN1CCCC(NCC2CCCOC2)CC1. The van der Waals surface area contributed by atoms with Crippen LogP contribution in [0.4, 0.5) is 0 Å². The van der Waals surface area contributed by atoms with E-state index in [1.54, 1.807) is 0 Å². The molecule has 0 aromatic heterocycles. The molecule has 17 heavy (non-hydrogen) atoms. The van der Waals surface area contributed by atoms with E-state index in [2.05, 4.69) is 17.1 Å². The van der Waals surface area contributed by atoms with Gasteiger partial charge in [-0.2, -0.15) is 0 Å². The first kappa shape index (κ1) is 13.3. The summed E-state index contributed by atoms with van der Waals surface area (Å²) in [4.78, 5) is 2.57. The molecular weight excluding hydrogens is 212 g/mol. The highest BCUT2D eigenvalue weighted by Gasteiger charge is 2.18. The van der Waals surface area contributed by atoms with Gasteiger partial charge in [-0.25, -0.2) is 0 Å². The first-order chi connectivity index (χ1) is 8.38. The lowest BCUT2D eigenvalue weighted by Crippen LogP contribution is -2.36. The molecule has 0 bridgehead atoms. The standard InChI is InChI=1S/C14H28N2O/c1-2-16-8-3-6-14(7-9-16)15-11-13-5-4-10-17-12-13/h13-15H,2-12H2,1H3. The van der Waals surface area contributed by atoms with Crippen LogP contribution in [-0.2, 0) is 4.74 Å². The Balaban J connectivity index is 1.64. The molecule has 100 valence electrons. The number of ether oxygens (including phenoxy) is 1. The molecule has 0 radical (unpaired) electrons. The molecule has 1 N–H and O–H groups in total. The maximum Gasteiger partial charge on any atom is 0.0506 e. The molecule has 3 nitrogen and oxygen atoms in total. The highest BCUT2D eigenvalue weighted by molar-refractivity contribution is 4.76. The van der Waals surface area contributed by atoms with E-state index in [1.807, 2.05) is 0 Å². The summed E-state index contributed by atoms with van der Waals surface area (Å²) in [5.74, 6) is 0.759. The lowest BCUT2D eigenvalue weighted by Gasteiger charge is -2.25. The zero-order valence-corrected chi connectivity index (χ0v) is 11.3. The molecule has 2 fully saturated rings. The van der Waals surface area contributed by atoms with Gasteiger partial charge < -0.3 is 15.0 Å². The smallest absolute Gasteiger partial charge is 0.0506 e. The quantitative estimate of drug-likeness (QED) is 0.812. The summed E-state index contributed by atoms with van der Waals surface area (Å²) in [5.41, 5.74) is 0. The summed E-state index contributed by atoms with van der Waals surface area (Å²) in [6.45, 7) is 9.16. The fourth-order valence-corrected chi connectivity index (χ4v) is 2.98. The molecule has 3 heteroatoms. The molecule has 2 unspecified atom stereocenters. The molecule has 0 aliphatic carbocycles. The number of rotatable bonds is 4. The molecular formula is C14H28N2O. The third-order valence-corrected chi connectivity index (χ3v) is 4.22. The predicted octanol–water partition coefficient (Wildman–Crippen LogP) is 1.88. The zero-order chi connectivity index (χ0) is 11.9. The largest absolute Gasteiger partial charge is 0.381 e. The van der Waals surface area contributed by atoms with E-state index >= 15 is 0 Å². The van der Waals surface area contributed by atoms with Crippen molar-refractivity contribution in [2.75, 3.05) is 39.4 Å². The molecule has 0 saturated carbocycles. The first-order valence-electron chi connectivity index (χ1n) is 7.42. The van der Waals surface area contributed by atoms with Crippen molar-refractivity contribution in [3.8, 4) is 0 Å². The lowest BCUT2D eigenvalue weighted by molar-refractivity contribution is 0.0536. The van der Waals surface area contributed by atoms with Gasteiger partial charge in [0.05, 0.1) is 6.61 Å². The maximum atomic E-state index is 5.53. The average Bonchev–Trinajstić information content (AvgIpc) is 2.62. The van der Waals surface area contributed by atoms with Crippen molar-refractivity contribution in [2.24, 2.45) is 5.92 Å². The van der Waals surface area contributed by atoms with Crippen LogP contribution in [0.25, 0.3) is 0 Å². The molecule has 0 aromatic rings. The minimum atomic E-state index is 0.744. The van der Waals surface area contributed by atoms with Crippen LogP contribution in [0.3, 0.4) is 0 Å². The third-order valence-electron chi connectivity index (χ3n) is 4.22. The minimum absolute atomic E-state index is 0.744. The van der Waals surface area contributed by atoms with Gasteiger partial charge in [-0.15, -0.1) is 0 Å². The van der Waals surface area contributed by atoms with E-state index in [0.29, 0.717) is 0 Å². The number of hydrogen-bond acceptors (Lipinski definition) is 3. The predicted molar refractivity (Wildman–Crippen MR) is 71.3 cm³/mol. The molecule has 2 atom stereocenters. The van der Waals surface area contributed by atoms with Crippen molar-refractivity contribution in [3.63, 3.8) is 0 Å². The number of likely N-dealkylation sites (tertiary alicyclic amines) is 1. The van der Waals surface area contributed by atoms with Gasteiger partial charge in [0.15, 0.2) is 0 Å². The fourth-order valence-electron chi connectivity index (χ4n) is 2.98. The van der Waals surface area contributed by atoms with E-state index in [0.717, 1.165) is 31.7 Å². The average molecular weight is 240 g/mol. The van der Waals surface area contributed by atoms with E-state index in [1.165, 1.54) is 51.7 Å². The Bertz CT molecular complexity index is 204. The van der Waals surface area contributed by atoms with Gasteiger partial charge in [-0.3, -0.25) is 0 Å². The molecule has 2 saturated heterocycles. The van der Waals surface area contributed by atoms with Gasteiger partial charge in [-0.1, -0.05) is 6.92 Å². The van der Waals surface area contributed by atoms with Crippen LogP contribution in [0.1, 0.15) is 39.0 Å². The monoisotopic (exact) mass is 240 g/mol. The Morgan fingerprint density at radius 2 is 2.12 bits per heavy atom. The maximum absolute atomic E-state index is 5.53. The summed E-state index contributed by atoms with van der Waals surface area (Å²) in [7, 11) is 0. The van der Waals surface area contributed by atoms with E-state index in [4.69, 9.17) is 4.74 Å². The van der Waals surface area contributed by atoms with E-state index < -0.39 is 0 Å². The van der Waals surface area contributed by atoms with Crippen molar-refractivity contribution < 1.29 is 4.74 Å². The Morgan fingerprint density at radius 3 is 2.88 bits per heavy atom. The Labute approximate surface area is 106 Å². The van der Waals surface area contributed by atoms with Gasteiger partial charge in [0, 0.05) is 19.2 Å². The Hall–Kier alpha value is -0.120. The second-order valence-corrected chi connectivity index (χ2v) is 5.55. The fraction of sp³-hybridized carbons (Fsp3) is 1.00. The van der Waals surface area contributed by atoms with Crippen molar-refractivity contribution in [1.82, 2.24) is 10.2 Å². The van der Waals surface area contributed by atoms with Crippen LogP contribution < -0.4 is 5.32 Å². The van der Waals surface area contributed by atoms with Crippen LogP contribution in [-0.4, -0.2) is 50.3 Å². The van der Waals surface area contributed by atoms with Gasteiger partial charge in [0.1, 0.15) is 0 Å². The molecule has 2 aliphatic heterocycles. The molecule has 2 rings (SSSR count). The van der Waals surface area contributed by atoms with Gasteiger partial charge in [0.2, 0.25) is 0 Å². The number of nitrogens with one attached hydrogen (secondary N) is 1. The summed E-state index contributed by atoms with van der Waals surface area (Å²) < 4.78 is 5.53. The summed E-state index contributed by atoms with van der Waals surface area (Å²) >= 11 is 0. The van der Waals surface area contributed by atoms with Gasteiger partial charge in [-0.05, 0) is 57.7 Å². The van der Waals surface area contributed by atoms with Crippen molar-refractivity contribution in [3.05, 3.63) is 0 Å². The van der Waals surface area contributed by atoms with Crippen LogP contribution in [0.15, 0.2) is 0 Å². The lowest BCUT2D eigenvalue weighted by atomic mass is 10.0. The van der Waals surface area contributed by atoms with Crippen molar-refractivity contribution in [2.45, 2.75) is 45.1 Å². The minimum Gasteiger partial charge on any atom is -0.381 e. The zero-order valence-electron chi connectivity index (χ0n) is 11.3. The Morgan fingerprint density at radius 1 is 1.18 bits per heavy atom. The molecule has 2 heterocycles. The number of hydrogen-bond donors (Lipinski definition) is 1. The molecule has 0 aromatic carbocycles. The summed E-state index contributed by atoms with van der Waals surface area (Å²) in [5, 5.41) is 3.77. The van der Waals surface area contributed by atoms with Crippen LogP contribution in [0.2, 0.25) is 0 Å². The van der Waals surface area contributed by atoms with Gasteiger partial charge >= 0.3 is 0 Å². The third kappa shape index (κ3) is 4.57. The van der Waals surface area contributed by atoms with E-state index in [9.17, 15) is 0 Å². The second-order valence-electron chi connectivity index (χ2n) is 5.55. The van der Waals surface area contributed by atoms with Crippen molar-refractivity contribution in [1.29, 1.82) is 0 Å². The number of nitrogens with zero attached hydrogens (tertiary/aromatic N) is 1. The van der Waals surface area contributed by atoms with Crippen LogP contribution in [0.5, 0.6) is 0 Å². The summed E-state index contributed by atoms with van der Waals surface area (Å²) in [6.07, 6.45) is 6.62. The highest BCUT2D eigenvalue weighted by atomic mass is 16.5. The van der Waals surface area contributed by atoms with Crippen LogP contribution >= 0.6 is 0 Å². The topological polar surface area (TPSA) is 24.5 Å². The summed E-state index contributed by atoms with van der Waals surface area (Å²) in [6, 6.07) is 0.744. The molecule has 2 aliphatic rings. The molecule has 0 amide bonds. The van der Waals surface area contributed by atoms with Crippen LogP contribution in [0, 0.1) is 5.92 Å². The normalized spacial score (nSPS) is 32.3. The molecule has 0 spiro atoms. The highest BCUT2D eigenvalue weighted by Crippen LogP contribution is 2.15. The Kier molecular flexibility index (Phi) is 5.75. The van der Waals surface area contributed by atoms with Crippen molar-refractivity contribution >= 4 is 0 Å².